The minimum absolute atomic E-state index is 0.177. The lowest BCUT2D eigenvalue weighted by atomic mass is 9.95. The zero-order valence-electron chi connectivity index (χ0n) is 19.5. The molecular formula is C28H29ClN2O4. The van der Waals surface area contributed by atoms with E-state index in [-0.39, 0.29) is 17.9 Å². The van der Waals surface area contributed by atoms with Crippen molar-refractivity contribution < 1.29 is 19.1 Å². The Bertz CT molecular complexity index is 1130. The van der Waals surface area contributed by atoms with Gasteiger partial charge in [-0.1, -0.05) is 49.1 Å². The average Bonchev–Trinajstić information content (AvgIpc) is 2.89. The highest BCUT2D eigenvalue weighted by Crippen LogP contribution is 2.23. The van der Waals surface area contributed by atoms with Crippen LogP contribution in [0.25, 0.3) is 0 Å². The van der Waals surface area contributed by atoms with Crippen molar-refractivity contribution in [2.45, 2.75) is 38.1 Å². The van der Waals surface area contributed by atoms with Gasteiger partial charge in [0.2, 0.25) is 0 Å². The van der Waals surface area contributed by atoms with Crippen molar-refractivity contribution in [3.63, 3.8) is 0 Å². The second-order valence-electron chi connectivity index (χ2n) is 8.49. The normalized spacial score (nSPS) is 13.6. The molecule has 0 aromatic heterocycles. The molecule has 0 unspecified atom stereocenters. The van der Waals surface area contributed by atoms with E-state index >= 15 is 0 Å². The Balaban J connectivity index is 1.29. The third kappa shape index (κ3) is 7.23. The minimum atomic E-state index is -0.287. The van der Waals surface area contributed by atoms with Crippen LogP contribution in [-0.4, -0.2) is 31.1 Å². The van der Waals surface area contributed by atoms with E-state index in [0.29, 0.717) is 40.8 Å². The van der Waals surface area contributed by atoms with Crippen molar-refractivity contribution in [1.29, 1.82) is 0 Å². The van der Waals surface area contributed by atoms with Crippen molar-refractivity contribution in [3.05, 3.63) is 88.9 Å². The summed E-state index contributed by atoms with van der Waals surface area (Å²) >= 11 is 6.27. The zero-order valence-corrected chi connectivity index (χ0v) is 20.2. The molecule has 182 valence electrons. The lowest BCUT2D eigenvalue weighted by Gasteiger charge is -2.23. The number of benzene rings is 3. The Hall–Kier alpha value is -3.51. The molecule has 1 aliphatic carbocycles. The maximum absolute atomic E-state index is 12.7. The number of nitrogens with one attached hydrogen (secondary N) is 2. The van der Waals surface area contributed by atoms with Crippen LogP contribution in [0.15, 0.2) is 72.8 Å². The fourth-order valence-electron chi connectivity index (χ4n) is 4.03. The minimum Gasteiger partial charge on any atom is -0.490 e. The SMILES string of the molecule is O=C(Nc1ccc(Cl)c(C(=O)NC2CCCCC2)c1)c1ccc(OCCOc2ccccc2)cc1. The van der Waals surface area contributed by atoms with E-state index < -0.39 is 0 Å². The van der Waals surface area contributed by atoms with Crippen molar-refractivity contribution in [3.8, 4) is 11.5 Å². The molecule has 4 rings (SSSR count). The highest BCUT2D eigenvalue weighted by molar-refractivity contribution is 6.34. The van der Waals surface area contributed by atoms with Crippen molar-refractivity contribution in [2.24, 2.45) is 0 Å². The van der Waals surface area contributed by atoms with Gasteiger partial charge < -0.3 is 20.1 Å². The lowest BCUT2D eigenvalue weighted by molar-refractivity contribution is 0.0926. The van der Waals surface area contributed by atoms with Gasteiger partial charge in [-0.05, 0) is 67.4 Å². The van der Waals surface area contributed by atoms with Crippen LogP contribution < -0.4 is 20.1 Å². The number of para-hydroxylation sites is 1. The number of hydrogen-bond acceptors (Lipinski definition) is 4. The molecule has 0 spiro atoms. The molecule has 0 bridgehead atoms. The van der Waals surface area contributed by atoms with Crippen LogP contribution in [0.1, 0.15) is 52.8 Å². The van der Waals surface area contributed by atoms with Crippen LogP contribution in [-0.2, 0) is 0 Å². The van der Waals surface area contributed by atoms with Gasteiger partial charge in [0.05, 0.1) is 10.6 Å². The molecule has 3 aromatic carbocycles. The van der Waals surface area contributed by atoms with Crippen LogP contribution in [0.4, 0.5) is 5.69 Å². The lowest BCUT2D eigenvalue weighted by Crippen LogP contribution is -2.36. The Morgan fingerprint density at radius 2 is 1.46 bits per heavy atom. The number of ether oxygens (including phenoxy) is 2. The van der Waals surface area contributed by atoms with Crippen LogP contribution >= 0.6 is 11.6 Å². The molecule has 35 heavy (non-hydrogen) atoms. The topological polar surface area (TPSA) is 76.7 Å². The zero-order chi connectivity index (χ0) is 24.5. The van der Waals surface area contributed by atoms with Gasteiger partial charge in [0, 0.05) is 17.3 Å². The average molecular weight is 493 g/mol. The summed E-state index contributed by atoms with van der Waals surface area (Å²) < 4.78 is 11.3. The molecule has 2 amide bonds. The molecule has 6 nitrogen and oxygen atoms in total. The first-order valence-electron chi connectivity index (χ1n) is 11.9. The molecule has 1 aliphatic rings. The maximum atomic E-state index is 12.7. The van der Waals surface area contributed by atoms with Crippen LogP contribution in [0.3, 0.4) is 0 Å². The monoisotopic (exact) mass is 492 g/mol. The van der Waals surface area contributed by atoms with E-state index in [1.807, 2.05) is 30.3 Å². The third-order valence-electron chi connectivity index (χ3n) is 5.89. The van der Waals surface area contributed by atoms with Crippen LogP contribution in [0.2, 0.25) is 5.02 Å². The first kappa shape index (κ1) is 24.6. The first-order valence-corrected chi connectivity index (χ1v) is 12.3. The molecule has 2 N–H and O–H groups in total. The number of rotatable bonds is 9. The van der Waals surface area contributed by atoms with Gasteiger partial charge in [-0.3, -0.25) is 9.59 Å². The van der Waals surface area contributed by atoms with Gasteiger partial charge in [0.25, 0.3) is 11.8 Å². The van der Waals surface area contributed by atoms with E-state index in [1.165, 1.54) is 6.42 Å². The highest BCUT2D eigenvalue weighted by Gasteiger charge is 2.19. The number of carbonyl (C=O) groups is 2. The van der Waals surface area contributed by atoms with Gasteiger partial charge >= 0.3 is 0 Å². The van der Waals surface area contributed by atoms with E-state index in [2.05, 4.69) is 10.6 Å². The van der Waals surface area contributed by atoms with Gasteiger partial charge in [-0.25, -0.2) is 0 Å². The highest BCUT2D eigenvalue weighted by atomic mass is 35.5. The Labute approximate surface area is 210 Å². The predicted octanol–water partition coefficient (Wildman–Crippen LogP) is 6.11. The smallest absolute Gasteiger partial charge is 0.255 e. The van der Waals surface area contributed by atoms with Gasteiger partial charge in [-0.15, -0.1) is 0 Å². The summed E-state index contributed by atoms with van der Waals surface area (Å²) in [5.41, 5.74) is 1.34. The molecule has 1 saturated carbocycles. The van der Waals surface area contributed by atoms with Gasteiger partial charge in [0.15, 0.2) is 0 Å². The Morgan fingerprint density at radius 3 is 2.14 bits per heavy atom. The number of anilines is 1. The molecule has 0 radical (unpaired) electrons. The largest absolute Gasteiger partial charge is 0.490 e. The van der Waals surface area contributed by atoms with Crippen molar-refractivity contribution in [2.75, 3.05) is 18.5 Å². The molecule has 3 aromatic rings. The van der Waals surface area contributed by atoms with Gasteiger partial charge in [0.1, 0.15) is 24.7 Å². The number of carbonyl (C=O) groups excluding carboxylic acids is 2. The quantitative estimate of drug-likeness (QED) is 0.353. The standard InChI is InChI=1S/C28H29ClN2O4/c29-26-16-13-22(19-25(26)28(33)30-21-7-3-1-4-8-21)31-27(32)20-11-14-24(15-12-20)35-18-17-34-23-9-5-2-6-10-23/h2,5-6,9-16,19,21H,1,3-4,7-8,17-18H2,(H,30,33)(H,31,32). The Kier molecular flexibility index (Phi) is 8.63. The molecule has 0 heterocycles. The maximum Gasteiger partial charge on any atom is 0.255 e. The molecule has 7 heteroatoms. The summed E-state index contributed by atoms with van der Waals surface area (Å²) in [4.78, 5) is 25.5. The second-order valence-corrected chi connectivity index (χ2v) is 8.90. The molecule has 0 atom stereocenters. The summed E-state index contributed by atoms with van der Waals surface area (Å²) in [6, 6.07) is 21.5. The van der Waals surface area contributed by atoms with Gasteiger partial charge in [-0.2, -0.15) is 0 Å². The number of halogens is 1. The fraction of sp³-hybridized carbons (Fsp3) is 0.286. The molecular weight excluding hydrogens is 464 g/mol. The predicted molar refractivity (Wildman–Crippen MR) is 138 cm³/mol. The summed E-state index contributed by atoms with van der Waals surface area (Å²) in [5.74, 6) is 0.937. The van der Waals surface area contributed by atoms with Crippen LogP contribution in [0.5, 0.6) is 11.5 Å². The summed E-state index contributed by atoms with van der Waals surface area (Å²) in [7, 11) is 0. The van der Waals surface area contributed by atoms with E-state index in [4.69, 9.17) is 21.1 Å². The van der Waals surface area contributed by atoms with Crippen molar-refractivity contribution in [1.82, 2.24) is 5.32 Å². The van der Waals surface area contributed by atoms with Crippen LogP contribution in [0, 0.1) is 0 Å². The fourth-order valence-corrected chi connectivity index (χ4v) is 4.23. The number of amides is 2. The van der Waals surface area contributed by atoms with E-state index in [0.717, 1.165) is 31.4 Å². The molecule has 0 aliphatic heterocycles. The first-order chi connectivity index (χ1) is 17.1. The molecule has 1 fully saturated rings. The van der Waals surface area contributed by atoms with Crippen molar-refractivity contribution >= 4 is 29.1 Å². The summed E-state index contributed by atoms with van der Waals surface area (Å²) in [6.45, 7) is 0.802. The van der Waals surface area contributed by atoms with E-state index in [9.17, 15) is 9.59 Å². The second kappa shape index (κ2) is 12.3. The summed E-state index contributed by atoms with van der Waals surface area (Å²) in [5, 5.41) is 6.26. The molecule has 0 saturated heterocycles. The number of hydrogen-bond donors (Lipinski definition) is 2. The summed E-state index contributed by atoms with van der Waals surface area (Å²) in [6.07, 6.45) is 5.43. The van der Waals surface area contributed by atoms with E-state index in [1.54, 1.807) is 42.5 Å². The Morgan fingerprint density at radius 1 is 0.800 bits per heavy atom. The third-order valence-corrected chi connectivity index (χ3v) is 6.22.